The first-order chi connectivity index (χ1) is 9.72. The van der Waals surface area contributed by atoms with Gasteiger partial charge in [0, 0.05) is 5.56 Å². The predicted octanol–water partition coefficient (Wildman–Crippen LogP) is 4.33. The molecule has 4 nitrogen and oxygen atoms in total. The largest absolute Gasteiger partial charge is 0.507 e. The Balaban J connectivity index is 2.77. The normalized spacial score (nSPS) is 11.6. The molecule has 0 saturated heterocycles. The average Bonchev–Trinajstić information content (AvgIpc) is 2.46. The number of hydrogen-bond acceptors (Lipinski definition) is 4. The highest BCUT2D eigenvalue weighted by atomic mass is 16.5. The Bertz CT molecular complexity index is 430. The second-order valence-corrected chi connectivity index (χ2v) is 4.88. The molecule has 0 heterocycles. The van der Waals surface area contributed by atoms with Crippen LogP contribution in [-0.2, 0) is 0 Å². The first-order valence-electron chi connectivity index (χ1n) is 7.40. The van der Waals surface area contributed by atoms with Gasteiger partial charge in [-0.15, -0.1) is 0 Å². The Kier molecular flexibility index (Phi) is 7.55. The maximum absolute atomic E-state index is 9.92. The maximum atomic E-state index is 9.92. The van der Waals surface area contributed by atoms with Crippen molar-refractivity contribution in [1.29, 1.82) is 0 Å². The molecule has 0 aliphatic heterocycles. The summed E-state index contributed by atoms with van der Waals surface area (Å²) in [4.78, 5) is 0. The van der Waals surface area contributed by atoms with Crippen molar-refractivity contribution in [3.05, 3.63) is 23.8 Å². The molecule has 0 unspecified atom stereocenters. The highest BCUT2D eigenvalue weighted by Crippen LogP contribution is 2.25. The molecule has 20 heavy (non-hydrogen) atoms. The predicted molar refractivity (Wildman–Crippen MR) is 81.0 cm³/mol. The Hall–Kier alpha value is -1.71. The molecule has 0 bridgehead atoms. The molecule has 4 heteroatoms. The van der Waals surface area contributed by atoms with Gasteiger partial charge in [-0.2, -0.15) is 0 Å². The molecular weight excluding hydrogens is 254 g/mol. The van der Waals surface area contributed by atoms with Crippen LogP contribution in [0.15, 0.2) is 23.4 Å². The van der Waals surface area contributed by atoms with E-state index in [1.807, 2.05) is 0 Å². The molecule has 2 N–H and O–H groups in total. The molecule has 0 amide bonds. The third kappa shape index (κ3) is 5.11. The molecule has 0 fully saturated rings. The van der Waals surface area contributed by atoms with Gasteiger partial charge < -0.3 is 15.1 Å². The Morgan fingerprint density at radius 2 is 1.90 bits per heavy atom. The Morgan fingerprint density at radius 1 is 1.15 bits per heavy atom. The van der Waals surface area contributed by atoms with Crippen LogP contribution in [0.5, 0.6) is 11.5 Å². The monoisotopic (exact) mass is 279 g/mol. The van der Waals surface area contributed by atoms with Crippen LogP contribution in [0.25, 0.3) is 0 Å². The van der Waals surface area contributed by atoms with Gasteiger partial charge in [-0.3, -0.25) is 0 Å². The van der Waals surface area contributed by atoms with E-state index in [0.29, 0.717) is 30.1 Å². The van der Waals surface area contributed by atoms with Crippen molar-refractivity contribution in [2.24, 2.45) is 5.16 Å². The van der Waals surface area contributed by atoms with Crippen LogP contribution in [0.2, 0.25) is 0 Å². The summed E-state index contributed by atoms with van der Waals surface area (Å²) in [6, 6.07) is 5.06. The smallest absolute Gasteiger partial charge is 0.125 e. The van der Waals surface area contributed by atoms with Gasteiger partial charge in [0.1, 0.15) is 11.5 Å². The van der Waals surface area contributed by atoms with E-state index in [1.54, 1.807) is 18.2 Å². The summed E-state index contributed by atoms with van der Waals surface area (Å²) in [5, 5.41) is 22.4. The van der Waals surface area contributed by atoms with E-state index in [2.05, 4.69) is 19.0 Å². The second kappa shape index (κ2) is 9.23. The van der Waals surface area contributed by atoms with E-state index in [9.17, 15) is 5.11 Å². The quantitative estimate of drug-likeness (QED) is 0.306. The number of phenolic OH excluding ortho intramolecular Hbond substituents is 1. The molecular formula is C16H25NO3. The summed E-state index contributed by atoms with van der Waals surface area (Å²) in [6.07, 6.45) is 5.84. The molecule has 0 aliphatic carbocycles. The number of unbranched alkanes of at least 4 members (excludes halogenated alkanes) is 3. The number of aromatic hydroxyl groups is 1. The summed E-state index contributed by atoms with van der Waals surface area (Å²) in [5.41, 5.74) is 1.06. The second-order valence-electron chi connectivity index (χ2n) is 4.88. The van der Waals surface area contributed by atoms with Crippen LogP contribution in [0.3, 0.4) is 0 Å². The number of phenols is 1. The Labute approximate surface area is 121 Å². The number of oxime groups is 1. The van der Waals surface area contributed by atoms with E-state index < -0.39 is 0 Å². The standard InChI is InChI=1S/C16H25NO3/c1-3-5-7-8-15(17-19)14-12-13(9-10-16(14)18)20-11-6-4-2/h9-10,12,18-19H,3-8,11H2,1-2H3/b17-15+. The van der Waals surface area contributed by atoms with Gasteiger partial charge in [-0.05, 0) is 37.5 Å². The van der Waals surface area contributed by atoms with E-state index in [4.69, 9.17) is 9.94 Å². The summed E-state index contributed by atoms with van der Waals surface area (Å²) < 4.78 is 5.61. The molecule has 0 aliphatic rings. The lowest BCUT2D eigenvalue weighted by atomic mass is 10.0. The molecule has 0 atom stereocenters. The number of nitrogens with zero attached hydrogens (tertiary/aromatic N) is 1. The highest BCUT2D eigenvalue weighted by molar-refractivity contribution is 6.02. The average molecular weight is 279 g/mol. The lowest BCUT2D eigenvalue weighted by Crippen LogP contribution is -2.03. The van der Waals surface area contributed by atoms with Crippen molar-refractivity contribution in [2.75, 3.05) is 6.61 Å². The first-order valence-corrected chi connectivity index (χ1v) is 7.40. The van der Waals surface area contributed by atoms with Gasteiger partial charge in [0.05, 0.1) is 12.3 Å². The fraction of sp³-hybridized carbons (Fsp3) is 0.562. The first kappa shape index (κ1) is 16.3. The van der Waals surface area contributed by atoms with Crippen molar-refractivity contribution < 1.29 is 15.1 Å². The molecule has 112 valence electrons. The molecule has 1 aromatic carbocycles. The minimum absolute atomic E-state index is 0.122. The molecule has 1 rings (SSSR count). The van der Waals surface area contributed by atoms with Crippen molar-refractivity contribution in [2.45, 2.75) is 52.4 Å². The Morgan fingerprint density at radius 3 is 2.55 bits per heavy atom. The van der Waals surface area contributed by atoms with Crippen LogP contribution >= 0.6 is 0 Å². The maximum Gasteiger partial charge on any atom is 0.125 e. The van der Waals surface area contributed by atoms with Gasteiger partial charge in [-0.1, -0.05) is 38.3 Å². The van der Waals surface area contributed by atoms with Crippen LogP contribution in [-0.4, -0.2) is 22.6 Å². The van der Waals surface area contributed by atoms with E-state index >= 15 is 0 Å². The van der Waals surface area contributed by atoms with Crippen LogP contribution in [0.4, 0.5) is 0 Å². The summed E-state index contributed by atoms with van der Waals surface area (Å²) >= 11 is 0. The number of benzene rings is 1. The van der Waals surface area contributed by atoms with Gasteiger partial charge in [0.15, 0.2) is 0 Å². The molecule has 0 spiro atoms. The minimum Gasteiger partial charge on any atom is -0.507 e. The van der Waals surface area contributed by atoms with Crippen LogP contribution < -0.4 is 4.74 Å². The third-order valence-corrected chi connectivity index (χ3v) is 3.18. The lowest BCUT2D eigenvalue weighted by molar-refractivity contribution is 0.308. The van der Waals surface area contributed by atoms with Gasteiger partial charge in [0.25, 0.3) is 0 Å². The number of ether oxygens (including phenoxy) is 1. The highest BCUT2D eigenvalue weighted by Gasteiger charge is 2.11. The van der Waals surface area contributed by atoms with Crippen molar-refractivity contribution in [1.82, 2.24) is 0 Å². The lowest BCUT2D eigenvalue weighted by Gasteiger charge is -2.10. The zero-order valence-corrected chi connectivity index (χ0v) is 12.4. The van der Waals surface area contributed by atoms with Crippen molar-refractivity contribution in [3.63, 3.8) is 0 Å². The van der Waals surface area contributed by atoms with E-state index in [-0.39, 0.29) is 5.75 Å². The van der Waals surface area contributed by atoms with Gasteiger partial charge in [-0.25, -0.2) is 0 Å². The summed E-state index contributed by atoms with van der Waals surface area (Å²) in [6.45, 7) is 4.88. The number of hydrogen-bond donors (Lipinski definition) is 2. The van der Waals surface area contributed by atoms with Crippen LogP contribution in [0.1, 0.15) is 57.9 Å². The molecule has 1 aromatic rings. The van der Waals surface area contributed by atoms with Crippen LogP contribution in [0, 0.1) is 0 Å². The van der Waals surface area contributed by atoms with Gasteiger partial charge in [0.2, 0.25) is 0 Å². The minimum atomic E-state index is 0.122. The van der Waals surface area contributed by atoms with Gasteiger partial charge >= 0.3 is 0 Å². The third-order valence-electron chi connectivity index (χ3n) is 3.18. The molecule has 0 aromatic heterocycles. The SMILES string of the molecule is CCCCC/C(=N\O)c1cc(OCCCC)ccc1O. The van der Waals surface area contributed by atoms with Crippen molar-refractivity contribution in [3.8, 4) is 11.5 Å². The topological polar surface area (TPSA) is 62.1 Å². The van der Waals surface area contributed by atoms with E-state index in [1.165, 1.54) is 0 Å². The molecule has 0 radical (unpaired) electrons. The fourth-order valence-corrected chi connectivity index (χ4v) is 1.95. The fourth-order valence-electron chi connectivity index (χ4n) is 1.95. The number of rotatable bonds is 9. The van der Waals surface area contributed by atoms with E-state index in [0.717, 1.165) is 32.1 Å². The summed E-state index contributed by atoms with van der Waals surface area (Å²) in [7, 11) is 0. The zero-order chi connectivity index (χ0) is 14.8. The van der Waals surface area contributed by atoms with Crippen molar-refractivity contribution >= 4 is 5.71 Å². The molecule has 0 saturated carbocycles. The zero-order valence-electron chi connectivity index (χ0n) is 12.4. The summed E-state index contributed by atoms with van der Waals surface area (Å²) in [5.74, 6) is 0.819.